The molecule has 0 spiro atoms. The van der Waals surface area contributed by atoms with E-state index in [9.17, 15) is 9.59 Å². The Labute approximate surface area is 123 Å². The molecular formula is C14H20N4O3. The molecule has 0 saturated heterocycles. The monoisotopic (exact) mass is 292 g/mol. The molecular weight excluding hydrogens is 272 g/mol. The lowest BCUT2D eigenvalue weighted by atomic mass is 10.3. The van der Waals surface area contributed by atoms with Gasteiger partial charge in [-0.15, -0.1) is 0 Å². The average molecular weight is 292 g/mol. The van der Waals surface area contributed by atoms with E-state index in [-0.39, 0.29) is 6.03 Å². The van der Waals surface area contributed by atoms with Gasteiger partial charge in [-0.3, -0.25) is 4.57 Å². The number of rotatable bonds is 3. The van der Waals surface area contributed by atoms with Gasteiger partial charge >= 0.3 is 12.1 Å². The molecule has 0 fully saturated rings. The molecule has 7 heteroatoms. The van der Waals surface area contributed by atoms with Crippen LogP contribution in [0.3, 0.4) is 0 Å². The molecule has 0 aliphatic heterocycles. The third kappa shape index (κ3) is 5.13. The molecule has 2 amide bonds. The molecule has 0 radical (unpaired) electrons. The fraction of sp³-hybridized carbons (Fsp3) is 0.357. The Bertz CT molecular complexity index is 595. The number of para-hydroxylation sites is 2. The van der Waals surface area contributed by atoms with E-state index in [1.807, 2.05) is 29.6 Å². The smallest absolute Gasteiger partial charge is 0.404 e. The molecule has 1 aromatic heterocycles. The number of nitrogens with one attached hydrogen (secondary N) is 2. The van der Waals surface area contributed by atoms with Crippen molar-refractivity contribution in [1.29, 1.82) is 0 Å². The summed E-state index contributed by atoms with van der Waals surface area (Å²) in [6.45, 7) is 2.81. The maximum absolute atomic E-state index is 11.8. The number of carbonyl (C=O) groups excluding carboxylic acids is 1. The summed E-state index contributed by atoms with van der Waals surface area (Å²) in [4.78, 5) is 25.2. The molecule has 3 N–H and O–H groups in total. The van der Waals surface area contributed by atoms with Crippen LogP contribution < -0.4 is 10.6 Å². The van der Waals surface area contributed by atoms with Gasteiger partial charge in [0.1, 0.15) is 6.33 Å². The van der Waals surface area contributed by atoms with E-state index in [1.165, 1.54) is 7.05 Å². The summed E-state index contributed by atoms with van der Waals surface area (Å²) in [5, 5.41) is 12.4. The lowest BCUT2D eigenvalue weighted by molar-refractivity contribution is 0.197. The van der Waals surface area contributed by atoms with E-state index in [2.05, 4.69) is 17.2 Å². The molecule has 0 aliphatic rings. The zero-order chi connectivity index (χ0) is 15.7. The highest BCUT2D eigenvalue weighted by Crippen LogP contribution is 2.10. The van der Waals surface area contributed by atoms with E-state index in [4.69, 9.17) is 5.11 Å². The van der Waals surface area contributed by atoms with Gasteiger partial charge in [-0.2, -0.15) is 0 Å². The van der Waals surface area contributed by atoms with Crippen LogP contribution in [0.1, 0.15) is 19.8 Å². The molecule has 0 unspecified atom stereocenters. The predicted octanol–water partition coefficient (Wildman–Crippen LogP) is 2.28. The zero-order valence-corrected chi connectivity index (χ0v) is 12.2. The Hall–Kier alpha value is -2.57. The molecule has 2 rings (SSSR count). The Balaban J connectivity index is 0.000000383. The van der Waals surface area contributed by atoms with Gasteiger partial charge in [0.25, 0.3) is 0 Å². The van der Waals surface area contributed by atoms with Crippen molar-refractivity contribution in [3.05, 3.63) is 30.6 Å². The number of unbranched alkanes of at least 4 members (excludes halogenated alkanes) is 1. The lowest BCUT2D eigenvalue weighted by Gasteiger charge is -2.04. The van der Waals surface area contributed by atoms with Gasteiger partial charge < -0.3 is 15.7 Å². The highest BCUT2D eigenvalue weighted by molar-refractivity contribution is 5.88. The Kier molecular flexibility index (Phi) is 6.73. The first-order valence-corrected chi connectivity index (χ1v) is 6.71. The number of amides is 2. The number of hydrogen-bond donors (Lipinski definition) is 3. The average Bonchev–Trinajstić information content (AvgIpc) is 2.92. The molecule has 0 atom stereocenters. The second-order valence-electron chi connectivity index (χ2n) is 4.24. The number of benzene rings is 1. The van der Waals surface area contributed by atoms with Crippen LogP contribution in [0.2, 0.25) is 0 Å². The molecule has 0 aliphatic carbocycles. The number of imidazole rings is 1. The number of aromatic nitrogens is 2. The van der Waals surface area contributed by atoms with E-state index in [0.717, 1.165) is 23.9 Å². The van der Waals surface area contributed by atoms with E-state index in [1.54, 1.807) is 10.9 Å². The Morgan fingerprint density at radius 1 is 1.33 bits per heavy atom. The first kappa shape index (κ1) is 16.5. The largest absolute Gasteiger partial charge is 0.465 e. The second-order valence-corrected chi connectivity index (χ2v) is 4.24. The van der Waals surface area contributed by atoms with E-state index in [0.29, 0.717) is 6.54 Å². The molecule has 1 heterocycles. The highest BCUT2D eigenvalue weighted by atomic mass is 16.4. The van der Waals surface area contributed by atoms with Crippen LogP contribution in [0.25, 0.3) is 11.0 Å². The minimum atomic E-state index is -0.995. The molecule has 0 bridgehead atoms. The molecule has 2 aromatic rings. The van der Waals surface area contributed by atoms with Crippen molar-refractivity contribution in [2.24, 2.45) is 0 Å². The van der Waals surface area contributed by atoms with Crippen LogP contribution in [-0.4, -0.2) is 40.4 Å². The van der Waals surface area contributed by atoms with Gasteiger partial charge in [0.05, 0.1) is 11.0 Å². The molecule has 21 heavy (non-hydrogen) atoms. The summed E-state index contributed by atoms with van der Waals surface area (Å²) in [5.41, 5.74) is 1.68. The standard InChI is InChI=1S/C12H15N3O.C2H5NO2/c1-2-3-8-13-12(16)15-9-14-10-6-4-5-7-11(10)15;1-3-2(4)5/h4-7,9H,2-3,8H2,1H3,(H,13,16);3H,1H3,(H,4,5). The van der Waals surface area contributed by atoms with Crippen molar-refractivity contribution in [2.45, 2.75) is 19.8 Å². The topological polar surface area (TPSA) is 96.3 Å². The summed E-state index contributed by atoms with van der Waals surface area (Å²) in [6.07, 6.45) is 2.64. The van der Waals surface area contributed by atoms with Crippen LogP contribution in [0.15, 0.2) is 30.6 Å². The maximum Gasteiger partial charge on any atom is 0.404 e. The molecule has 114 valence electrons. The molecule has 1 aromatic carbocycles. The van der Waals surface area contributed by atoms with Crippen molar-refractivity contribution in [1.82, 2.24) is 20.2 Å². The minimum Gasteiger partial charge on any atom is -0.465 e. The number of hydrogen-bond acceptors (Lipinski definition) is 3. The minimum absolute atomic E-state index is 0.109. The van der Waals surface area contributed by atoms with Crippen LogP contribution in [0, 0.1) is 0 Å². The van der Waals surface area contributed by atoms with Crippen molar-refractivity contribution < 1.29 is 14.7 Å². The van der Waals surface area contributed by atoms with Gasteiger partial charge in [-0.25, -0.2) is 14.6 Å². The van der Waals surface area contributed by atoms with Crippen LogP contribution in [-0.2, 0) is 0 Å². The van der Waals surface area contributed by atoms with Crippen molar-refractivity contribution >= 4 is 23.2 Å². The Morgan fingerprint density at radius 2 is 2.00 bits per heavy atom. The number of carbonyl (C=O) groups is 2. The number of fused-ring (bicyclic) bond motifs is 1. The van der Waals surface area contributed by atoms with Crippen molar-refractivity contribution in [3.8, 4) is 0 Å². The lowest BCUT2D eigenvalue weighted by Crippen LogP contribution is -2.28. The molecule has 7 nitrogen and oxygen atoms in total. The normalized spacial score (nSPS) is 9.62. The van der Waals surface area contributed by atoms with Crippen LogP contribution in [0.5, 0.6) is 0 Å². The summed E-state index contributed by atoms with van der Waals surface area (Å²) < 4.78 is 1.55. The number of carboxylic acid groups (broad SMARTS) is 1. The number of nitrogens with zero attached hydrogens (tertiary/aromatic N) is 2. The highest BCUT2D eigenvalue weighted by Gasteiger charge is 2.07. The summed E-state index contributed by atoms with van der Waals surface area (Å²) in [6, 6.07) is 7.49. The van der Waals surface area contributed by atoms with E-state index < -0.39 is 6.09 Å². The third-order valence-corrected chi connectivity index (χ3v) is 2.69. The summed E-state index contributed by atoms with van der Waals surface area (Å²) in [7, 11) is 1.35. The van der Waals surface area contributed by atoms with Gasteiger partial charge in [-0.05, 0) is 18.6 Å². The van der Waals surface area contributed by atoms with Gasteiger partial charge in [-0.1, -0.05) is 25.5 Å². The van der Waals surface area contributed by atoms with Crippen LogP contribution in [0.4, 0.5) is 9.59 Å². The summed E-state index contributed by atoms with van der Waals surface area (Å²) in [5.74, 6) is 0. The fourth-order valence-electron chi connectivity index (χ4n) is 1.58. The fourth-order valence-corrected chi connectivity index (χ4v) is 1.58. The Morgan fingerprint density at radius 3 is 2.62 bits per heavy atom. The predicted molar refractivity (Wildman–Crippen MR) is 80.5 cm³/mol. The van der Waals surface area contributed by atoms with Gasteiger partial charge in [0.2, 0.25) is 0 Å². The molecule has 0 saturated carbocycles. The maximum atomic E-state index is 11.8. The SMILES string of the molecule is CCCCNC(=O)n1cnc2ccccc21.CNC(=O)O. The van der Waals surface area contributed by atoms with Gasteiger partial charge in [0.15, 0.2) is 0 Å². The zero-order valence-electron chi connectivity index (χ0n) is 12.2. The van der Waals surface area contributed by atoms with Crippen molar-refractivity contribution in [3.63, 3.8) is 0 Å². The summed E-state index contributed by atoms with van der Waals surface area (Å²) >= 11 is 0. The van der Waals surface area contributed by atoms with Crippen molar-refractivity contribution in [2.75, 3.05) is 13.6 Å². The first-order valence-electron chi connectivity index (χ1n) is 6.71. The van der Waals surface area contributed by atoms with Crippen LogP contribution >= 0.6 is 0 Å². The quantitative estimate of drug-likeness (QED) is 0.756. The third-order valence-electron chi connectivity index (χ3n) is 2.69. The van der Waals surface area contributed by atoms with Gasteiger partial charge in [0, 0.05) is 13.6 Å². The second kappa shape index (κ2) is 8.57. The van der Waals surface area contributed by atoms with E-state index >= 15 is 0 Å². The first-order chi connectivity index (χ1) is 10.1.